The molecule has 8 nitrogen and oxygen atoms in total. The molecule has 0 spiro atoms. The van der Waals surface area contributed by atoms with Crippen LogP contribution in [-0.2, 0) is 24.7 Å². The maximum Gasteiger partial charge on any atom is 0.222 e. The summed E-state index contributed by atoms with van der Waals surface area (Å²) in [6.07, 6.45) is 10.8. The van der Waals surface area contributed by atoms with E-state index in [1.165, 1.54) is 0 Å². The van der Waals surface area contributed by atoms with Crippen LogP contribution in [0.15, 0.2) is 78.9 Å². The smallest absolute Gasteiger partial charge is 0.222 e. The highest BCUT2D eigenvalue weighted by atomic mass is 33.1. The van der Waals surface area contributed by atoms with E-state index >= 15 is 0 Å². The molecule has 0 bridgehead atoms. The van der Waals surface area contributed by atoms with E-state index in [1.807, 2.05) is 42.5 Å². The van der Waals surface area contributed by atoms with Crippen molar-refractivity contribution in [2.24, 2.45) is 5.92 Å². The number of benzene rings is 3. The van der Waals surface area contributed by atoms with Crippen molar-refractivity contribution in [1.29, 1.82) is 0 Å². The van der Waals surface area contributed by atoms with Gasteiger partial charge in [-0.25, -0.2) is 0 Å². The number of hydrogen-bond acceptors (Lipinski definition) is 8. The maximum atomic E-state index is 13.8. The molecule has 2 atom stereocenters. The largest absolute Gasteiger partial charge is 0.497 e. The molecule has 1 saturated heterocycles. The van der Waals surface area contributed by atoms with Gasteiger partial charge < -0.3 is 24.4 Å². The third kappa shape index (κ3) is 14.7. The van der Waals surface area contributed by atoms with E-state index in [0.717, 1.165) is 98.3 Å². The van der Waals surface area contributed by atoms with E-state index < -0.39 is 5.60 Å². The van der Waals surface area contributed by atoms with E-state index in [0.29, 0.717) is 50.5 Å². The van der Waals surface area contributed by atoms with E-state index in [1.54, 1.807) is 35.8 Å². The van der Waals surface area contributed by atoms with Crippen LogP contribution in [0.1, 0.15) is 128 Å². The maximum absolute atomic E-state index is 13.8. The van der Waals surface area contributed by atoms with Gasteiger partial charge >= 0.3 is 0 Å². The minimum absolute atomic E-state index is 0.00377. The van der Waals surface area contributed by atoms with Crippen LogP contribution in [0.25, 0.3) is 0 Å². The Balaban J connectivity index is 1.25. The van der Waals surface area contributed by atoms with E-state index in [2.05, 4.69) is 74.3 Å². The number of nitrogens with one attached hydrogen (secondary N) is 1. The molecule has 3 aromatic carbocycles. The number of hydrogen-bond donors (Lipinski definition) is 1. The number of Topliss-reactive ketones (excluding diaryl/α,β-unsaturated/α-hetero) is 1. The average molecular weight is 833 g/mol. The van der Waals surface area contributed by atoms with E-state index in [4.69, 9.17) is 14.2 Å². The molecule has 2 amide bonds. The number of likely N-dealkylation sites (tertiary alicyclic amines) is 1. The van der Waals surface area contributed by atoms with Gasteiger partial charge in [-0.1, -0.05) is 116 Å². The second-order valence-corrected chi connectivity index (χ2v) is 19.4. The minimum atomic E-state index is -0.932. The van der Waals surface area contributed by atoms with Gasteiger partial charge in [-0.2, -0.15) is 0 Å². The second-order valence-electron chi connectivity index (χ2n) is 16.3. The molecule has 10 heteroatoms. The van der Waals surface area contributed by atoms with Crippen molar-refractivity contribution in [2.75, 3.05) is 39.7 Å². The third-order valence-corrected chi connectivity index (χ3v) is 14.4. The molecule has 0 saturated carbocycles. The molecule has 1 fully saturated rings. The Morgan fingerprint density at radius 2 is 1.34 bits per heavy atom. The molecule has 0 aliphatic carbocycles. The Kier molecular flexibility index (Phi) is 20.0. The number of nitrogens with zero attached hydrogens (tertiary/aromatic N) is 1. The van der Waals surface area contributed by atoms with Crippen molar-refractivity contribution in [1.82, 2.24) is 10.2 Å². The number of ketones is 1. The lowest BCUT2D eigenvalue weighted by Gasteiger charge is -2.38. The summed E-state index contributed by atoms with van der Waals surface area (Å²) in [5, 5.41) is 3.01. The highest BCUT2D eigenvalue weighted by Crippen LogP contribution is 2.43. The number of rotatable bonds is 27. The first kappa shape index (κ1) is 47.2. The molecule has 0 aromatic heterocycles. The number of carbonyl (C=O) groups is 3. The van der Waals surface area contributed by atoms with Crippen molar-refractivity contribution in [3.63, 3.8) is 0 Å². The summed E-state index contributed by atoms with van der Waals surface area (Å²) < 4.78 is 18.2. The molecule has 1 heterocycles. The van der Waals surface area contributed by atoms with Crippen LogP contribution < -0.4 is 14.8 Å². The third-order valence-electron chi connectivity index (χ3n) is 11.0. The van der Waals surface area contributed by atoms with Crippen LogP contribution in [0.3, 0.4) is 0 Å². The van der Waals surface area contributed by atoms with Crippen molar-refractivity contribution in [3.8, 4) is 11.5 Å². The lowest BCUT2D eigenvalue weighted by atomic mass is 9.80. The Morgan fingerprint density at radius 3 is 1.95 bits per heavy atom. The molecular formula is C48H68N2O6S2. The van der Waals surface area contributed by atoms with Crippen LogP contribution in [0, 0.1) is 5.92 Å². The molecule has 4 rings (SSSR count). The first-order chi connectivity index (χ1) is 28.0. The minimum Gasteiger partial charge on any atom is -0.497 e. The predicted molar refractivity (Wildman–Crippen MR) is 241 cm³/mol. The Morgan fingerprint density at radius 1 is 0.759 bits per heavy atom. The zero-order chi connectivity index (χ0) is 41.8. The van der Waals surface area contributed by atoms with Crippen molar-refractivity contribution < 1.29 is 28.6 Å². The highest BCUT2D eigenvalue weighted by Gasteiger charge is 2.41. The standard InChI is InChI=1S/C48H68N2O6S2/c1-7-8-12-20-45(52)49-32-33-57-58-47(3,4)31-30-42(51)19-15-9-10-16-21-46(53)50-35-37(2)34-41(50)36-56-48(38-17-13-11-14-18-38,39-22-26-43(54-5)27-23-39)40-24-28-44(55-6)29-25-40/h11,13-14,17-18,22-29,37,41H,7-10,12,15-16,19-21,30-36H2,1-6H3,(H,49,52)/t37-,41+/m1/s1. The van der Waals surface area contributed by atoms with E-state index in [9.17, 15) is 14.4 Å². The van der Waals surface area contributed by atoms with Crippen molar-refractivity contribution in [3.05, 3.63) is 95.6 Å². The summed E-state index contributed by atoms with van der Waals surface area (Å²) in [7, 11) is 6.91. The van der Waals surface area contributed by atoms with E-state index in [-0.39, 0.29) is 22.6 Å². The quantitative estimate of drug-likeness (QED) is 0.0461. The topological polar surface area (TPSA) is 94.2 Å². The molecule has 1 aliphatic heterocycles. The Hall–Kier alpha value is -3.47. The van der Waals surface area contributed by atoms with Crippen LogP contribution in [-0.4, -0.2) is 73.0 Å². The summed E-state index contributed by atoms with van der Waals surface area (Å²) in [6, 6.07) is 26.4. The van der Waals surface area contributed by atoms with Crippen molar-refractivity contribution in [2.45, 2.75) is 128 Å². The van der Waals surface area contributed by atoms with Gasteiger partial charge in [0, 0.05) is 49.3 Å². The fraction of sp³-hybridized carbons (Fsp3) is 0.562. The van der Waals surface area contributed by atoms with Gasteiger partial charge in [-0.15, -0.1) is 0 Å². The number of carbonyl (C=O) groups excluding carboxylic acids is 3. The van der Waals surface area contributed by atoms with Crippen molar-refractivity contribution >= 4 is 39.2 Å². The summed E-state index contributed by atoms with van der Waals surface area (Å²) in [5.41, 5.74) is 2.01. The fourth-order valence-corrected chi connectivity index (χ4v) is 10.2. The summed E-state index contributed by atoms with van der Waals surface area (Å²) in [6.45, 7) is 10.5. The summed E-state index contributed by atoms with van der Waals surface area (Å²) in [4.78, 5) is 40.5. The monoisotopic (exact) mass is 832 g/mol. The molecule has 3 aromatic rings. The lowest BCUT2D eigenvalue weighted by Crippen LogP contribution is -2.42. The van der Waals surface area contributed by atoms with Crippen LogP contribution in [0.4, 0.5) is 0 Å². The average Bonchev–Trinajstić information content (AvgIpc) is 3.62. The van der Waals surface area contributed by atoms with Gasteiger partial charge in [0.25, 0.3) is 0 Å². The molecular weight excluding hydrogens is 765 g/mol. The van der Waals surface area contributed by atoms with Gasteiger partial charge in [-0.05, 0) is 92.8 Å². The molecule has 0 radical (unpaired) electrons. The number of amides is 2. The molecule has 1 N–H and O–H groups in total. The number of unbranched alkanes of at least 4 members (excludes halogenated alkanes) is 5. The first-order valence-electron chi connectivity index (χ1n) is 21.4. The van der Waals surface area contributed by atoms with Crippen LogP contribution in [0.5, 0.6) is 11.5 Å². The second kappa shape index (κ2) is 24.6. The summed E-state index contributed by atoms with van der Waals surface area (Å²) in [5.74, 6) is 3.42. The normalized spacial score (nSPS) is 15.7. The molecule has 1 aliphatic rings. The highest BCUT2D eigenvalue weighted by molar-refractivity contribution is 8.77. The number of methoxy groups -OCH3 is 2. The van der Waals surface area contributed by atoms with Gasteiger partial charge in [0.1, 0.15) is 22.9 Å². The van der Waals surface area contributed by atoms with Crippen LogP contribution >= 0.6 is 21.6 Å². The molecule has 0 unspecified atom stereocenters. The predicted octanol–water partition coefficient (Wildman–Crippen LogP) is 10.8. The Labute approximate surface area is 356 Å². The molecule has 318 valence electrons. The molecule has 58 heavy (non-hydrogen) atoms. The first-order valence-corrected chi connectivity index (χ1v) is 23.7. The van der Waals surface area contributed by atoms with Gasteiger partial charge in [0.15, 0.2) is 0 Å². The van der Waals surface area contributed by atoms with Crippen LogP contribution in [0.2, 0.25) is 0 Å². The SMILES string of the molecule is CCCCCC(=O)NCCSSC(C)(C)CCC(=O)CCCCCCC(=O)N1C[C@H](C)C[C@H]1COC(c1ccccc1)(c1ccc(OC)cc1)c1ccc(OC)cc1. The zero-order valence-electron chi connectivity index (χ0n) is 35.9. The van der Waals surface area contributed by atoms with Gasteiger partial charge in [0.2, 0.25) is 11.8 Å². The van der Waals surface area contributed by atoms with Gasteiger partial charge in [-0.3, -0.25) is 14.4 Å². The zero-order valence-corrected chi connectivity index (χ0v) is 37.5. The van der Waals surface area contributed by atoms with Gasteiger partial charge in [0.05, 0.1) is 26.9 Å². The number of ether oxygens (including phenoxy) is 3. The lowest BCUT2D eigenvalue weighted by molar-refractivity contribution is -0.134. The Bertz CT molecular complexity index is 1620. The summed E-state index contributed by atoms with van der Waals surface area (Å²) >= 11 is 0. The fourth-order valence-electron chi connectivity index (χ4n) is 7.67.